The van der Waals surface area contributed by atoms with E-state index in [4.69, 9.17) is 0 Å². The molecule has 1 aliphatic rings. The fraction of sp³-hybridized carbons (Fsp3) is 0.400. The highest BCUT2D eigenvalue weighted by molar-refractivity contribution is 5.76. The predicted molar refractivity (Wildman–Crippen MR) is 78.4 cm³/mol. The topological polar surface area (TPSA) is 63.1 Å². The van der Waals surface area contributed by atoms with Gasteiger partial charge in [0.1, 0.15) is 0 Å². The van der Waals surface area contributed by atoms with Crippen LogP contribution in [0.3, 0.4) is 0 Å². The molecule has 1 N–H and O–H groups in total. The molecule has 1 atom stereocenters. The van der Waals surface area contributed by atoms with E-state index in [1.54, 1.807) is 18.7 Å². The Morgan fingerprint density at radius 1 is 1.38 bits per heavy atom. The number of amides is 1. The van der Waals surface area contributed by atoms with Gasteiger partial charge in [-0.1, -0.05) is 6.07 Å². The summed E-state index contributed by atoms with van der Waals surface area (Å²) in [4.78, 5) is 22.6. The lowest BCUT2D eigenvalue weighted by Gasteiger charge is -2.36. The molecule has 1 unspecified atom stereocenters. The number of aromatic nitrogens is 3. The van der Waals surface area contributed by atoms with Gasteiger partial charge >= 0.3 is 0 Å². The van der Waals surface area contributed by atoms with Crippen LogP contribution in [-0.2, 0) is 11.3 Å². The Balaban J connectivity index is 1.67. The summed E-state index contributed by atoms with van der Waals surface area (Å²) in [5.41, 5.74) is 1.08. The highest BCUT2D eigenvalue weighted by atomic mass is 16.2. The summed E-state index contributed by atoms with van der Waals surface area (Å²) < 4.78 is 1.93. The zero-order chi connectivity index (χ0) is 14.5. The van der Waals surface area contributed by atoms with Crippen LogP contribution in [0.4, 0.5) is 0 Å². The smallest absolute Gasteiger partial charge is 0.224 e. The molecule has 0 bridgehead atoms. The number of rotatable bonds is 4. The van der Waals surface area contributed by atoms with Crippen molar-refractivity contribution in [3.8, 4) is 0 Å². The summed E-state index contributed by atoms with van der Waals surface area (Å²) in [5.74, 6) is 0.180. The predicted octanol–water partition coefficient (Wildman–Crippen LogP) is 0.841. The Hall–Kier alpha value is -2.21. The van der Waals surface area contributed by atoms with Crippen molar-refractivity contribution >= 4 is 5.91 Å². The van der Waals surface area contributed by atoms with E-state index in [0.29, 0.717) is 13.0 Å². The second-order valence-electron chi connectivity index (χ2n) is 5.14. The van der Waals surface area contributed by atoms with E-state index in [0.717, 1.165) is 25.2 Å². The van der Waals surface area contributed by atoms with Gasteiger partial charge < -0.3 is 14.8 Å². The molecule has 0 radical (unpaired) electrons. The Morgan fingerprint density at radius 2 is 2.33 bits per heavy atom. The second kappa shape index (κ2) is 6.49. The summed E-state index contributed by atoms with van der Waals surface area (Å²) in [7, 11) is 0. The number of nitrogens with zero attached hydrogens (tertiary/aromatic N) is 4. The normalized spacial score (nSPS) is 18.7. The second-order valence-corrected chi connectivity index (χ2v) is 5.14. The molecule has 21 heavy (non-hydrogen) atoms. The number of imidazole rings is 1. The minimum atomic E-state index is 0.0720. The minimum absolute atomic E-state index is 0.0720. The molecule has 1 amide bonds. The van der Waals surface area contributed by atoms with Crippen molar-refractivity contribution in [3.05, 3.63) is 48.8 Å². The van der Waals surface area contributed by atoms with Gasteiger partial charge in [-0.05, 0) is 11.6 Å². The van der Waals surface area contributed by atoms with E-state index >= 15 is 0 Å². The Labute approximate surface area is 123 Å². The van der Waals surface area contributed by atoms with E-state index in [-0.39, 0.29) is 11.9 Å². The monoisotopic (exact) mass is 285 g/mol. The molecule has 110 valence electrons. The number of aryl methyl sites for hydroxylation is 1. The average Bonchev–Trinajstić information content (AvgIpc) is 3.07. The van der Waals surface area contributed by atoms with Crippen molar-refractivity contribution in [2.75, 3.05) is 19.6 Å². The average molecular weight is 285 g/mol. The fourth-order valence-electron chi connectivity index (χ4n) is 2.66. The first-order valence-electron chi connectivity index (χ1n) is 7.20. The van der Waals surface area contributed by atoms with Crippen LogP contribution in [0, 0.1) is 0 Å². The van der Waals surface area contributed by atoms with E-state index in [1.807, 2.05) is 34.0 Å². The van der Waals surface area contributed by atoms with Crippen LogP contribution < -0.4 is 5.32 Å². The molecule has 6 nitrogen and oxygen atoms in total. The number of hydrogen-bond donors (Lipinski definition) is 1. The molecule has 3 rings (SSSR count). The number of carbonyl (C=O) groups excluding carboxylic acids is 1. The quantitative estimate of drug-likeness (QED) is 0.904. The van der Waals surface area contributed by atoms with Gasteiger partial charge in [-0.15, -0.1) is 0 Å². The molecule has 6 heteroatoms. The first kappa shape index (κ1) is 13.8. The van der Waals surface area contributed by atoms with Crippen LogP contribution in [0.1, 0.15) is 18.0 Å². The largest absolute Gasteiger partial charge is 0.337 e. The van der Waals surface area contributed by atoms with Crippen LogP contribution in [0.2, 0.25) is 0 Å². The zero-order valence-corrected chi connectivity index (χ0v) is 11.9. The van der Waals surface area contributed by atoms with Crippen LogP contribution in [-0.4, -0.2) is 45.0 Å². The molecule has 1 aliphatic heterocycles. The summed E-state index contributed by atoms with van der Waals surface area (Å²) in [6.45, 7) is 3.03. The summed E-state index contributed by atoms with van der Waals surface area (Å²) in [5, 5.41) is 3.35. The van der Waals surface area contributed by atoms with Crippen molar-refractivity contribution in [3.63, 3.8) is 0 Å². The SMILES string of the molecule is O=C(CCn1ccnc1)N1CCNCC1c1cccnc1. The first-order chi connectivity index (χ1) is 10.3. The van der Waals surface area contributed by atoms with Gasteiger partial charge in [0.05, 0.1) is 12.4 Å². The number of piperazine rings is 1. The standard InChI is InChI=1S/C15H19N5O/c21-15(3-7-19-8-5-18-12-19)20-9-6-17-11-14(20)13-2-1-4-16-10-13/h1-2,4-5,8,10,12,14,17H,3,6-7,9,11H2. The summed E-state index contributed by atoms with van der Waals surface area (Å²) in [6.07, 6.45) is 9.44. The van der Waals surface area contributed by atoms with Gasteiger partial charge in [0, 0.05) is 57.4 Å². The van der Waals surface area contributed by atoms with E-state index < -0.39 is 0 Å². The lowest BCUT2D eigenvalue weighted by Crippen LogP contribution is -2.48. The van der Waals surface area contributed by atoms with Crippen LogP contribution >= 0.6 is 0 Å². The van der Waals surface area contributed by atoms with E-state index in [2.05, 4.69) is 15.3 Å². The van der Waals surface area contributed by atoms with Gasteiger partial charge in [0.25, 0.3) is 0 Å². The summed E-state index contributed by atoms with van der Waals surface area (Å²) >= 11 is 0. The van der Waals surface area contributed by atoms with Gasteiger partial charge in [0.15, 0.2) is 0 Å². The number of nitrogens with one attached hydrogen (secondary N) is 1. The van der Waals surface area contributed by atoms with Crippen molar-refractivity contribution < 1.29 is 4.79 Å². The molecule has 0 saturated carbocycles. The van der Waals surface area contributed by atoms with Crippen LogP contribution in [0.5, 0.6) is 0 Å². The fourth-order valence-corrected chi connectivity index (χ4v) is 2.66. The highest BCUT2D eigenvalue weighted by Crippen LogP contribution is 2.22. The van der Waals surface area contributed by atoms with Crippen molar-refractivity contribution in [2.24, 2.45) is 0 Å². The Kier molecular flexibility index (Phi) is 4.25. The lowest BCUT2D eigenvalue weighted by molar-refractivity contribution is -0.134. The highest BCUT2D eigenvalue weighted by Gasteiger charge is 2.27. The third-order valence-electron chi connectivity index (χ3n) is 3.78. The third-order valence-corrected chi connectivity index (χ3v) is 3.78. The first-order valence-corrected chi connectivity index (χ1v) is 7.20. The molecule has 0 aliphatic carbocycles. The number of hydrogen-bond acceptors (Lipinski definition) is 4. The van der Waals surface area contributed by atoms with Gasteiger partial charge in [-0.3, -0.25) is 9.78 Å². The van der Waals surface area contributed by atoms with E-state index in [1.165, 1.54) is 0 Å². The molecular weight excluding hydrogens is 266 g/mol. The molecule has 2 aromatic rings. The van der Waals surface area contributed by atoms with Crippen LogP contribution in [0.25, 0.3) is 0 Å². The van der Waals surface area contributed by atoms with Crippen molar-refractivity contribution in [1.29, 1.82) is 0 Å². The van der Waals surface area contributed by atoms with E-state index in [9.17, 15) is 4.79 Å². The van der Waals surface area contributed by atoms with Gasteiger partial charge in [-0.2, -0.15) is 0 Å². The number of pyridine rings is 1. The Bertz CT molecular complexity index is 569. The molecule has 2 aromatic heterocycles. The number of carbonyl (C=O) groups is 1. The summed E-state index contributed by atoms with van der Waals surface area (Å²) in [6, 6.07) is 4.02. The van der Waals surface area contributed by atoms with Crippen molar-refractivity contribution in [2.45, 2.75) is 19.0 Å². The molecule has 0 spiro atoms. The maximum absolute atomic E-state index is 12.5. The molecule has 3 heterocycles. The van der Waals surface area contributed by atoms with Crippen LogP contribution in [0.15, 0.2) is 43.2 Å². The molecule has 1 saturated heterocycles. The molecule has 1 fully saturated rings. The van der Waals surface area contributed by atoms with Gasteiger partial charge in [-0.25, -0.2) is 4.98 Å². The zero-order valence-electron chi connectivity index (χ0n) is 11.9. The minimum Gasteiger partial charge on any atom is -0.337 e. The molecule has 0 aromatic carbocycles. The third kappa shape index (κ3) is 3.28. The maximum atomic E-state index is 12.5. The Morgan fingerprint density at radius 3 is 3.10 bits per heavy atom. The molecular formula is C15H19N5O. The van der Waals surface area contributed by atoms with Gasteiger partial charge in [0.2, 0.25) is 5.91 Å². The maximum Gasteiger partial charge on any atom is 0.224 e. The lowest BCUT2D eigenvalue weighted by atomic mass is 10.0. The van der Waals surface area contributed by atoms with Crippen molar-refractivity contribution in [1.82, 2.24) is 24.8 Å².